The highest BCUT2D eigenvalue weighted by atomic mass is 16.4. The van der Waals surface area contributed by atoms with Crippen LogP contribution in [0.2, 0.25) is 0 Å². The van der Waals surface area contributed by atoms with Gasteiger partial charge < -0.3 is 10.0 Å². The molecule has 114 valence electrons. The summed E-state index contributed by atoms with van der Waals surface area (Å²) < 4.78 is 0. The Morgan fingerprint density at radius 3 is 2.45 bits per heavy atom. The largest absolute Gasteiger partial charge is 0.481 e. The summed E-state index contributed by atoms with van der Waals surface area (Å²) in [5.41, 5.74) is 3.13. The van der Waals surface area contributed by atoms with Gasteiger partial charge in [-0.1, -0.05) is 24.3 Å². The second-order valence-electron chi connectivity index (χ2n) is 5.69. The molecule has 0 bridgehead atoms. The van der Waals surface area contributed by atoms with Gasteiger partial charge in [0.2, 0.25) is 0 Å². The van der Waals surface area contributed by atoms with Gasteiger partial charge in [-0.15, -0.1) is 10.2 Å². The van der Waals surface area contributed by atoms with Crippen LogP contribution in [0.5, 0.6) is 0 Å². The van der Waals surface area contributed by atoms with E-state index >= 15 is 0 Å². The maximum absolute atomic E-state index is 11.0. The van der Waals surface area contributed by atoms with Crippen molar-refractivity contribution >= 4 is 11.8 Å². The predicted octanol–water partition coefficient (Wildman–Crippen LogP) is 2.75. The molecule has 1 aromatic carbocycles. The monoisotopic (exact) mass is 297 g/mol. The number of piperidine rings is 1. The second-order valence-corrected chi connectivity index (χ2v) is 5.69. The number of carbonyl (C=O) groups is 1. The molecule has 1 aliphatic rings. The number of aromatic nitrogens is 2. The normalized spacial score (nSPS) is 15.8. The smallest absolute Gasteiger partial charge is 0.306 e. The number of hydrogen-bond donors (Lipinski definition) is 1. The summed E-state index contributed by atoms with van der Waals surface area (Å²) in [4.78, 5) is 13.1. The molecular weight excluding hydrogens is 278 g/mol. The van der Waals surface area contributed by atoms with Gasteiger partial charge in [0.25, 0.3) is 0 Å². The first-order chi connectivity index (χ1) is 10.6. The fourth-order valence-corrected chi connectivity index (χ4v) is 2.85. The molecule has 2 aromatic rings. The van der Waals surface area contributed by atoms with Crippen molar-refractivity contribution < 1.29 is 9.90 Å². The van der Waals surface area contributed by atoms with Crippen molar-refractivity contribution in [2.45, 2.75) is 19.8 Å². The van der Waals surface area contributed by atoms with Crippen molar-refractivity contribution in [2.75, 3.05) is 18.0 Å². The van der Waals surface area contributed by atoms with E-state index in [1.165, 1.54) is 5.56 Å². The van der Waals surface area contributed by atoms with Crippen molar-refractivity contribution in [3.63, 3.8) is 0 Å². The third kappa shape index (κ3) is 2.93. The van der Waals surface area contributed by atoms with E-state index in [0.29, 0.717) is 12.8 Å². The van der Waals surface area contributed by atoms with Gasteiger partial charge in [0, 0.05) is 18.7 Å². The van der Waals surface area contributed by atoms with Crippen LogP contribution < -0.4 is 4.90 Å². The van der Waals surface area contributed by atoms with Gasteiger partial charge in [0.1, 0.15) is 0 Å². The average molecular weight is 297 g/mol. The summed E-state index contributed by atoms with van der Waals surface area (Å²) >= 11 is 0. The first kappa shape index (κ1) is 14.5. The fourth-order valence-electron chi connectivity index (χ4n) is 2.85. The highest BCUT2D eigenvalue weighted by Crippen LogP contribution is 2.24. The fraction of sp³-hybridized carbons (Fsp3) is 0.353. The van der Waals surface area contributed by atoms with Crippen LogP contribution in [0.25, 0.3) is 11.3 Å². The molecule has 0 amide bonds. The van der Waals surface area contributed by atoms with Crippen LogP contribution in [0, 0.1) is 12.8 Å². The van der Waals surface area contributed by atoms with Crippen LogP contribution in [0.1, 0.15) is 18.4 Å². The van der Waals surface area contributed by atoms with Crippen molar-refractivity contribution in [1.82, 2.24) is 10.2 Å². The lowest BCUT2D eigenvalue weighted by Crippen LogP contribution is -2.36. The van der Waals surface area contributed by atoms with Crippen molar-refractivity contribution in [3.05, 3.63) is 42.0 Å². The Hall–Kier alpha value is -2.43. The van der Waals surface area contributed by atoms with Crippen molar-refractivity contribution in [3.8, 4) is 11.3 Å². The van der Waals surface area contributed by atoms with Gasteiger partial charge in [-0.2, -0.15) is 0 Å². The summed E-state index contributed by atoms with van der Waals surface area (Å²) in [6.45, 7) is 3.49. The SMILES string of the molecule is Cc1ccccc1-c1ccc(N2CCC(C(=O)O)CC2)nn1. The summed E-state index contributed by atoms with van der Waals surface area (Å²) in [6.07, 6.45) is 1.33. The molecule has 1 fully saturated rings. The number of aliphatic carboxylic acids is 1. The van der Waals surface area contributed by atoms with Crippen molar-refractivity contribution in [1.29, 1.82) is 0 Å². The van der Waals surface area contributed by atoms with Crippen molar-refractivity contribution in [2.24, 2.45) is 5.92 Å². The van der Waals surface area contributed by atoms with Gasteiger partial charge in [-0.05, 0) is 37.5 Å². The molecule has 0 aliphatic carbocycles. The van der Waals surface area contributed by atoms with Crippen LogP contribution in [-0.2, 0) is 4.79 Å². The summed E-state index contributed by atoms with van der Waals surface area (Å²) in [5.74, 6) is -0.0998. The number of carboxylic acids is 1. The number of aryl methyl sites for hydroxylation is 1. The Labute approximate surface area is 129 Å². The minimum Gasteiger partial charge on any atom is -0.481 e. The molecule has 0 atom stereocenters. The van der Waals surface area contributed by atoms with E-state index in [-0.39, 0.29) is 5.92 Å². The third-order valence-corrected chi connectivity index (χ3v) is 4.24. The van der Waals surface area contributed by atoms with Gasteiger partial charge >= 0.3 is 5.97 Å². The zero-order valence-electron chi connectivity index (χ0n) is 12.6. The zero-order valence-corrected chi connectivity index (χ0v) is 12.6. The van der Waals surface area contributed by atoms with Crippen LogP contribution >= 0.6 is 0 Å². The van der Waals surface area contributed by atoms with E-state index in [1.54, 1.807) is 0 Å². The van der Waals surface area contributed by atoms with Crippen LogP contribution in [-0.4, -0.2) is 34.4 Å². The van der Waals surface area contributed by atoms with E-state index in [4.69, 9.17) is 5.11 Å². The van der Waals surface area contributed by atoms with E-state index in [0.717, 1.165) is 30.2 Å². The first-order valence-electron chi connectivity index (χ1n) is 7.52. The lowest BCUT2D eigenvalue weighted by atomic mass is 9.97. The molecule has 1 aliphatic heterocycles. The predicted molar refractivity (Wildman–Crippen MR) is 84.8 cm³/mol. The Kier molecular flexibility index (Phi) is 4.04. The maximum Gasteiger partial charge on any atom is 0.306 e. The molecule has 1 saturated heterocycles. The van der Waals surface area contributed by atoms with Gasteiger partial charge in [0.15, 0.2) is 5.82 Å². The highest BCUT2D eigenvalue weighted by Gasteiger charge is 2.25. The molecule has 0 saturated carbocycles. The van der Waals surface area contributed by atoms with E-state index < -0.39 is 5.97 Å². The molecule has 2 heterocycles. The molecule has 1 N–H and O–H groups in total. The topological polar surface area (TPSA) is 66.3 Å². The summed E-state index contributed by atoms with van der Waals surface area (Å²) in [7, 11) is 0. The van der Waals surface area contributed by atoms with Gasteiger partial charge in [0.05, 0.1) is 11.6 Å². The first-order valence-corrected chi connectivity index (χ1v) is 7.52. The van der Waals surface area contributed by atoms with Crippen LogP contribution in [0.15, 0.2) is 36.4 Å². The molecular formula is C17H19N3O2. The van der Waals surface area contributed by atoms with E-state index in [1.807, 2.05) is 30.3 Å². The summed E-state index contributed by atoms with van der Waals surface area (Å²) in [6, 6.07) is 12.0. The van der Waals surface area contributed by atoms with Gasteiger partial charge in [-0.25, -0.2) is 0 Å². The second kappa shape index (κ2) is 6.13. The number of benzene rings is 1. The zero-order chi connectivity index (χ0) is 15.5. The third-order valence-electron chi connectivity index (χ3n) is 4.24. The Morgan fingerprint density at radius 2 is 1.86 bits per heavy atom. The molecule has 5 nitrogen and oxygen atoms in total. The Bertz CT molecular complexity index is 662. The minimum absolute atomic E-state index is 0.226. The van der Waals surface area contributed by atoms with Gasteiger partial charge in [-0.3, -0.25) is 4.79 Å². The Balaban J connectivity index is 1.73. The Morgan fingerprint density at radius 1 is 1.14 bits per heavy atom. The molecule has 0 radical (unpaired) electrons. The molecule has 3 rings (SSSR count). The number of anilines is 1. The quantitative estimate of drug-likeness (QED) is 0.943. The van der Waals surface area contributed by atoms with E-state index in [9.17, 15) is 4.79 Å². The summed E-state index contributed by atoms with van der Waals surface area (Å²) in [5, 5.41) is 17.7. The molecule has 5 heteroatoms. The molecule has 0 spiro atoms. The molecule has 0 unspecified atom stereocenters. The molecule has 22 heavy (non-hydrogen) atoms. The number of nitrogens with zero attached hydrogens (tertiary/aromatic N) is 3. The molecule has 1 aromatic heterocycles. The number of carboxylic acid groups (broad SMARTS) is 1. The van der Waals surface area contributed by atoms with E-state index in [2.05, 4.69) is 28.1 Å². The maximum atomic E-state index is 11.0. The minimum atomic E-state index is -0.694. The van der Waals surface area contributed by atoms with Crippen LogP contribution in [0.4, 0.5) is 5.82 Å². The number of hydrogen-bond acceptors (Lipinski definition) is 4. The lowest BCUT2D eigenvalue weighted by Gasteiger charge is -2.30. The standard InChI is InChI=1S/C17H19N3O2/c1-12-4-2-3-5-14(12)15-6-7-16(19-18-15)20-10-8-13(9-11-20)17(21)22/h2-7,13H,8-11H2,1H3,(H,21,22). The average Bonchev–Trinajstić information content (AvgIpc) is 2.56. The number of rotatable bonds is 3. The lowest BCUT2D eigenvalue weighted by molar-refractivity contribution is -0.142. The van der Waals surface area contributed by atoms with Crippen LogP contribution in [0.3, 0.4) is 0 Å². The highest BCUT2D eigenvalue weighted by molar-refractivity contribution is 5.70.